The average Bonchev–Trinajstić information content (AvgIpc) is 2.15. The summed E-state index contributed by atoms with van der Waals surface area (Å²) in [5, 5.41) is 11.2. The van der Waals surface area contributed by atoms with E-state index in [0.717, 1.165) is 17.3 Å². The van der Waals surface area contributed by atoms with E-state index in [0.29, 0.717) is 6.42 Å². The third-order valence-electron chi connectivity index (χ3n) is 1.66. The molecular weight excluding hydrogens is 234 g/mol. The molecule has 2 N–H and O–H groups in total. The van der Waals surface area contributed by atoms with Crippen LogP contribution in [0.2, 0.25) is 0 Å². The molecule has 0 heterocycles. The Morgan fingerprint density at radius 1 is 1.33 bits per heavy atom. The van der Waals surface area contributed by atoms with Gasteiger partial charge in [-0.15, -0.1) is 0 Å². The number of carbonyl (C=O) groups excluding carboxylic acids is 1. The fraction of sp³-hybridized carbons (Fsp3) is 0.778. The monoisotopic (exact) mass is 251 g/mol. The molecule has 88 valence electrons. The van der Waals surface area contributed by atoms with E-state index in [1.807, 2.05) is 6.26 Å². The Morgan fingerprint density at radius 2 is 2.00 bits per heavy atom. The minimum Gasteiger partial charge on any atom is -0.480 e. The van der Waals surface area contributed by atoms with Crippen molar-refractivity contribution in [2.45, 2.75) is 19.4 Å². The highest BCUT2D eigenvalue weighted by Crippen LogP contribution is 2.07. The predicted octanol–water partition coefficient (Wildman–Crippen LogP) is 1.06. The molecule has 0 aromatic heterocycles. The molecule has 1 amide bonds. The maximum atomic E-state index is 10.7. The van der Waals surface area contributed by atoms with E-state index in [4.69, 9.17) is 5.11 Å². The highest BCUT2D eigenvalue weighted by atomic mass is 32.2. The Bertz CT molecular complexity index is 212. The molecule has 0 saturated carbocycles. The number of hydrogen-bond acceptors (Lipinski definition) is 4. The van der Waals surface area contributed by atoms with Gasteiger partial charge in [-0.2, -0.15) is 23.5 Å². The number of nitrogens with one attached hydrogen (secondary N) is 1. The standard InChI is InChI=1S/C9H17NO3S2/c1-7(11)10-8(9(12)13)3-4-15-6-5-14-2/h8H,3-6H2,1-2H3,(H,10,11)(H,12,13). The van der Waals surface area contributed by atoms with Crippen molar-refractivity contribution in [3.8, 4) is 0 Å². The lowest BCUT2D eigenvalue weighted by atomic mass is 10.2. The first-order chi connectivity index (χ1) is 7.07. The van der Waals surface area contributed by atoms with Crippen molar-refractivity contribution in [1.29, 1.82) is 0 Å². The van der Waals surface area contributed by atoms with E-state index in [1.165, 1.54) is 6.92 Å². The zero-order chi connectivity index (χ0) is 11.7. The zero-order valence-electron chi connectivity index (χ0n) is 8.99. The van der Waals surface area contributed by atoms with Crippen LogP contribution in [-0.4, -0.2) is 46.5 Å². The molecule has 0 rings (SSSR count). The smallest absolute Gasteiger partial charge is 0.326 e. The van der Waals surface area contributed by atoms with Crippen LogP contribution < -0.4 is 5.32 Å². The third kappa shape index (κ3) is 8.62. The molecule has 1 unspecified atom stereocenters. The number of rotatable bonds is 8. The fourth-order valence-corrected chi connectivity index (χ4v) is 2.69. The third-order valence-corrected chi connectivity index (χ3v) is 3.55. The summed E-state index contributed by atoms with van der Waals surface area (Å²) in [6, 6.07) is -0.746. The number of carboxylic acids is 1. The van der Waals surface area contributed by atoms with Crippen LogP contribution in [0, 0.1) is 0 Å². The summed E-state index contributed by atoms with van der Waals surface area (Å²) in [7, 11) is 0. The number of aliphatic carboxylic acids is 1. The maximum absolute atomic E-state index is 10.7. The Labute approximate surface area is 98.6 Å². The molecule has 0 saturated heterocycles. The summed E-state index contributed by atoms with van der Waals surface area (Å²) in [5.74, 6) is 1.60. The number of thioether (sulfide) groups is 2. The number of carbonyl (C=O) groups is 2. The molecule has 0 aliphatic carbocycles. The molecule has 0 fully saturated rings. The van der Waals surface area contributed by atoms with Gasteiger partial charge in [0.1, 0.15) is 6.04 Å². The van der Waals surface area contributed by atoms with Crippen LogP contribution in [0.1, 0.15) is 13.3 Å². The van der Waals surface area contributed by atoms with Gasteiger partial charge in [0.2, 0.25) is 5.91 Å². The molecule has 0 aromatic carbocycles. The van der Waals surface area contributed by atoms with Gasteiger partial charge < -0.3 is 10.4 Å². The van der Waals surface area contributed by atoms with Crippen LogP contribution in [0.15, 0.2) is 0 Å². The largest absolute Gasteiger partial charge is 0.480 e. The summed E-state index contributed by atoms with van der Waals surface area (Å²) >= 11 is 3.49. The van der Waals surface area contributed by atoms with Crippen molar-refractivity contribution in [1.82, 2.24) is 5.32 Å². The zero-order valence-corrected chi connectivity index (χ0v) is 10.6. The normalized spacial score (nSPS) is 12.1. The maximum Gasteiger partial charge on any atom is 0.326 e. The van der Waals surface area contributed by atoms with Gasteiger partial charge in [0.25, 0.3) is 0 Å². The van der Waals surface area contributed by atoms with Gasteiger partial charge in [0, 0.05) is 18.4 Å². The lowest BCUT2D eigenvalue weighted by Gasteiger charge is -2.12. The Morgan fingerprint density at radius 3 is 2.47 bits per heavy atom. The van der Waals surface area contributed by atoms with E-state index in [2.05, 4.69) is 5.32 Å². The molecule has 0 spiro atoms. The van der Waals surface area contributed by atoms with Crippen LogP contribution in [-0.2, 0) is 9.59 Å². The van der Waals surface area contributed by atoms with Crippen molar-refractivity contribution in [2.24, 2.45) is 0 Å². The highest BCUT2D eigenvalue weighted by molar-refractivity contribution is 8.02. The molecular formula is C9H17NO3S2. The van der Waals surface area contributed by atoms with Gasteiger partial charge in [0.15, 0.2) is 0 Å². The molecule has 0 aliphatic heterocycles. The van der Waals surface area contributed by atoms with Crippen LogP contribution in [0.25, 0.3) is 0 Å². The second kappa shape index (κ2) is 8.91. The molecule has 0 radical (unpaired) electrons. The highest BCUT2D eigenvalue weighted by Gasteiger charge is 2.17. The summed E-state index contributed by atoms with van der Waals surface area (Å²) < 4.78 is 0. The SMILES string of the molecule is CSCCSCCC(NC(C)=O)C(=O)O. The first-order valence-electron chi connectivity index (χ1n) is 4.64. The van der Waals surface area contributed by atoms with Gasteiger partial charge in [-0.3, -0.25) is 4.79 Å². The van der Waals surface area contributed by atoms with Crippen LogP contribution >= 0.6 is 23.5 Å². The quantitative estimate of drug-likeness (QED) is 0.632. The van der Waals surface area contributed by atoms with Crippen molar-refractivity contribution in [3.63, 3.8) is 0 Å². The van der Waals surface area contributed by atoms with E-state index in [9.17, 15) is 9.59 Å². The number of carboxylic acid groups (broad SMARTS) is 1. The van der Waals surface area contributed by atoms with Crippen LogP contribution in [0.4, 0.5) is 0 Å². The first-order valence-corrected chi connectivity index (χ1v) is 7.19. The minimum atomic E-state index is -0.962. The molecule has 4 nitrogen and oxygen atoms in total. The van der Waals surface area contributed by atoms with E-state index >= 15 is 0 Å². The van der Waals surface area contributed by atoms with Gasteiger partial charge >= 0.3 is 5.97 Å². The fourth-order valence-electron chi connectivity index (χ4n) is 0.948. The summed E-state index contributed by atoms with van der Waals surface area (Å²) in [6.45, 7) is 1.33. The topological polar surface area (TPSA) is 66.4 Å². The van der Waals surface area contributed by atoms with Crippen LogP contribution in [0.3, 0.4) is 0 Å². The Hall–Kier alpha value is -0.360. The number of amides is 1. The van der Waals surface area contributed by atoms with Crippen molar-refractivity contribution < 1.29 is 14.7 Å². The van der Waals surface area contributed by atoms with Gasteiger partial charge in [-0.05, 0) is 18.4 Å². The van der Waals surface area contributed by atoms with Crippen molar-refractivity contribution >= 4 is 35.4 Å². The molecule has 0 bridgehead atoms. The first kappa shape index (κ1) is 14.6. The molecule has 0 aromatic rings. The van der Waals surface area contributed by atoms with Crippen molar-refractivity contribution in [3.05, 3.63) is 0 Å². The summed E-state index contributed by atoms with van der Waals surface area (Å²) in [5.41, 5.74) is 0. The molecule has 15 heavy (non-hydrogen) atoms. The summed E-state index contributed by atoms with van der Waals surface area (Å²) in [4.78, 5) is 21.4. The molecule has 0 aliphatic rings. The second-order valence-electron chi connectivity index (χ2n) is 2.99. The minimum absolute atomic E-state index is 0.295. The van der Waals surface area contributed by atoms with Gasteiger partial charge in [-0.25, -0.2) is 4.79 Å². The Kier molecular flexibility index (Phi) is 8.70. The summed E-state index contributed by atoms with van der Waals surface area (Å²) in [6.07, 6.45) is 2.52. The second-order valence-corrected chi connectivity index (χ2v) is 5.20. The van der Waals surface area contributed by atoms with Crippen molar-refractivity contribution in [2.75, 3.05) is 23.5 Å². The number of hydrogen-bond donors (Lipinski definition) is 2. The molecule has 6 heteroatoms. The van der Waals surface area contributed by atoms with E-state index in [-0.39, 0.29) is 5.91 Å². The van der Waals surface area contributed by atoms with Gasteiger partial charge in [-0.1, -0.05) is 0 Å². The average molecular weight is 251 g/mol. The lowest BCUT2D eigenvalue weighted by molar-refractivity contribution is -0.141. The van der Waals surface area contributed by atoms with E-state index in [1.54, 1.807) is 23.5 Å². The van der Waals surface area contributed by atoms with Crippen LogP contribution in [0.5, 0.6) is 0 Å². The predicted molar refractivity (Wildman–Crippen MR) is 65.6 cm³/mol. The Balaban J connectivity index is 3.67. The lowest BCUT2D eigenvalue weighted by Crippen LogP contribution is -2.39. The van der Waals surface area contributed by atoms with E-state index < -0.39 is 12.0 Å². The van der Waals surface area contributed by atoms with Gasteiger partial charge in [0.05, 0.1) is 0 Å². The molecule has 1 atom stereocenters.